The SMILES string of the molecule is C.Nc1ccc(Cl)cn1.O=c1[nH]cc(Cl)cc1Br. The number of pyridine rings is 2. The molecule has 3 N–H and O–H groups in total. The van der Waals surface area contributed by atoms with Crippen LogP contribution in [-0.4, -0.2) is 9.97 Å². The quantitative estimate of drug-likeness (QED) is 0.758. The largest absolute Gasteiger partial charge is 0.384 e. The predicted octanol–water partition coefficient (Wildman–Crippen LogP) is 3.74. The molecule has 0 aliphatic rings. The molecule has 0 bridgehead atoms. The summed E-state index contributed by atoms with van der Waals surface area (Å²) in [5.74, 6) is 0.495. The van der Waals surface area contributed by atoms with Gasteiger partial charge in [0.2, 0.25) is 0 Å². The van der Waals surface area contributed by atoms with E-state index in [4.69, 9.17) is 28.9 Å². The fourth-order valence-electron chi connectivity index (χ4n) is 0.819. The van der Waals surface area contributed by atoms with Crippen molar-refractivity contribution in [2.24, 2.45) is 0 Å². The average Bonchev–Trinajstić information content (AvgIpc) is 2.29. The standard InChI is InChI=1S/C5H3BrClNO.C5H5ClN2.CH4/c6-4-1-3(7)2-8-5(4)9;6-4-1-2-5(7)8-3-4;/h1-2H,(H,8,9);1-3H,(H2,7,8);1H4. The molecule has 98 valence electrons. The van der Waals surface area contributed by atoms with Gasteiger partial charge in [-0.15, -0.1) is 0 Å². The summed E-state index contributed by atoms with van der Waals surface area (Å²) in [6.07, 6.45) is 2.95. The van der Waals surface area contributed by atoms with E-state index >= 15 is 0 Å². The number of nitrogen functional groups attached to an aromatic ring is 1. The molecule has 0 spiro atoms. The van der Waals surface area contributed by atoms with Crippen LogP contribution in [0.1, 0.15) is 7.43 Å². The van der Waals surface area contributed by atoms with Crippen molar-refractivity contribution in [3.05, 3.63) is 55.5 Å². The number of halogens is 3. The van der Waals surface area contributed by atoms with Gasteiger partial charge in [-0.25, -0.2) is 4.98 Å². The molecule has 2 aromatic rings. The summed E-state index contributed by atoms with van der Waals surface area (Å²) in [6, 6.07) is 4.90. The van der Waals surface area contributed by atoms with Gasteiger partial charge < -0.3 is 10.7 Å². The number of anilines is 1. The number of aromatic nitrogens is 2. The van der Waals surface area contributed by atoms with Crippen molar-refractivity contribution in [1.29, 1.82) is 0 Å². The third-order valence-corrected chi connectivity index (χ3v) is 2.60. The van der Waals surface area contributed by atoms with Crippen LogP contribution in [-0.2, 0) is 0 Å². The summed E-state index contributed by atoms with van der Waals surface area (Å²) in [7, 11) is 0. The number of nitrogens with zero attached hydrogens (tertiary/aromatic N) is 1. The number of hydrogen-bond acceptors (Lipinski definition) is 3. The average molecular weight is 353 g/mol. The van der Waals surface area contributed by atoms with Crippen LogP contribution >= 0.6 is 39.1 Å². The van der Waals surface area contributed by atoms with Gasteiger partial charge in [-0.05, 0) is 34.1 Å². The van der Waals surface area contributed by atoms with Gasteiger partial charge in [0, 0.05) is 12.4 Å². The summed E-state index contributed by atoms with van der Waals surface area (Å²) in [5.41, 5.74) is 5.09. The Labute approximate surface area is 123 Å². The second-order valence-electron chi connectivity index (χ2n) is 2.90. The molecular weight excluding hydrogens is 341 g/mol. The molecule has 4 nitrogen and oxygen atoms in total. The third-order valence-electron chi connectivity index (χ3n) is 1.57. The Bertz CT molecular complexity index is 522. The normalized spacial score (nSPS) is 8.83. The van der Waals surface area contributed by atoms with Crippen molar-refractivity contribution in [3.8, 4) is 0 Å². The van der Waals surface area contributed by atoms with Crippen LogP contribution in [0.15, 0.2) is 39.9 Å². The van der Waals surface area contributed by atoms with E-state index in [-0.39, 0.29) is 13.0 Å². The van der Waals surface area contributed by atoms with Crippen molar-refractivity contribution in [1.82, 2.24) is 9.97 Å². The molecule has 2 rings (SSSR count). The van der Waals surface area contributed by atoms with E-state index < -0.39 is 0 Å². The van der Waals surface area contributed by atoms with Crippen molar-refractivity contribution in [2.75, 3.05) is 5.73 Å². The molecule has 18 heavy (non-hydrogen) atoms. The van der Waals surface area contributed by atoms with Crippen molar-refractivity contribution in [2.45, 2.75) is 7.43 Å². The Morgan fingerprint density at radius 2 is 1.94 bits per heavy atom. The Hall–Kier alpha value is -1.04. The maximum absolute atomic E-state index is 10.6. The molecule has 0 fully saturated rings. The van der Waals surface area contributed by atoms with Crippen LogP contribution in [0.3, 0.4) is 0 Å². The molecule has 0 saturated carbocycles. The number of rotatable bonds is 0. The van der Waals surface area contributed by atoms with Crippen LogP contribution in [0.5, 0.6) is 0 Å². The van der Waals surface area contributed by atoms with E-state index in [1.165, 1.54) is 12.4 Å². The van der Waals surface area contributed by atoms with Crippen LogP contribution in [0.25, 0.3) is 0 Å². The Morgan fingerprint density at radius 1 is 1.28 bits per heavy atom. The Morgan fingerprint density at radius 3 is 2.33 bits per heavy atom. The monoisotopic (exact) mass is 351 g/mol. The number of nitrogens with one attached hydrogen (secondary N) is 1. The molecule has 0 radical (unpaired) electrons. The topological polar surface area (TPSA) is 71.8 Å². The van der Waals surface area contributed by atoms with Gasteiger partial charge in [-0.1, -0.05) is 30.6 Å². The first kappa shape index (κ1) is 17.0. The van der Waals surface area contributed by atoms with Gasteiger partial charge in [-0.2, -0.15) is 0 Å². The summed E-state index contributed by atoms with van der Waals surface area (Å²) < 4.78 is 0.454. The first-order valence-electron chi connectivity index (χ1n) is 4.40. The highest BCUT2D eigenvalue weighted by atomic mass is 79.9. The van der Waals surface area contributed by atoms with Crippen LogP contribution in [0.4, 0.5) is 5.82 Å². The number of aromatic amines is 1. The Kier molecular flexibility index (Phi) is 7.66. The molecular formula is C11H12BrCl2N3O. The van der Waals surface area contributed by atoms with Crippen molar-refractivity contribution < 1.29 is 0 Å². The fourth-order valence-corrected chi connectivity index (χ4v) is 1.59. The van der Waals surface area contributed by atoms with E-state index in [9.17, 15) is 4.79 Å². The minimum Gasteiger partial charge on any atom is -0.384 e. The molecule has 0 aromatic carbocycles. The summed E-state index contributed by atoms with van der Waals surface area (Å²) in [5, 5.41) is 1.13. The Balaban J connectivity index is 0.000000306. The van der Waals surface area contributed by atoms with Gasteiger partial charge in [-0.3, -0.25) is 4.79 Å². The molecule has 2 heterocycles. The maximum Gasteiger partial charge on any atom is 0.262 e. The van der Waals surface area contributed by atoms with Gasteiger partial charge in [0.05, 0.1) is 14.5 Å². The zero-order valence-corrected chi connectivity index (χ0v) is 11.6. The van der Waals surface area contributed by atoms with Gasteiger partial charge >= 0.3 is 0 Å². The zero-order chi connectivity index (χ0) is 12.8. The van der Waals surface area contributed by atoms with Crippen LogP contribution < -0.4 is 11.3 Å². The number of hydrogen-bond donors (Lipinski definition) is 2. The highest BCUT2D eigenvalue weighted by Crippen LogP contribution is 2.09. The molecule has 7 heteroatoms. The molecule has 0 aliphatic carbocycles. The summed E-state index contributed by atoms with van der Waals surface area (Å²) in [6.45, 7) is 0. The number of H-pyrrole nitrogens is 1. The highest BCUT2D eigenvalue weighted by molar-refractivity contribution is 9.10. The van der Waals surface area contributed by atoms with Crippen molar-refractivity contribution in [3.63, 3.8) is 0 Å². The van der Waals surface area contributed by atoms with Crippen LogP contribution in [0, 0.1) is 0 Å². The third kappa shape index (κ3) is 6.05. The van der Waals surface area contributed by atoms with Crippen molar-refractivity contribution >= 4 is 44.9 Å². The lowest BCUT2D eigenvalue weighted by Crippen LogP contribution is -2.03. The smallest absolute Gasteiger partial charge is 0.262 e. The van der Waals surface area contributed by atoms with E-state index in [0.717, 1.165) is 0 Å². The van der Waals surface area contributed by atoms with E-state index in [0.29, 0.717) is 20.3 Å². The summed E-state index contributed by atoms with van der Waals surface area (Å²) in [4.78, 5) is 16.8. The molecule has 0 unspecified atom stereocenters. The molecule has 0 amide bonds. The predicted molar refractivity (Wildman–Crippen MR) is 80.2 cm³/mol. The zero-order valence-electron chi connectivity index (χ0n) is 8.45. The lowest BCUT2D eigenvalue weighted by atomic mass is 10.5. The molecule has 2 aromatic heterocycles. The highest BCUT2D eigenvalue weighted by Gasteiger charge is 1.92. The van der Waals surface area contributed by atoms with E-state index in [2.05, 4.69) is 25.9 Å². The first-order valence-corrected chi connectivity index (χ1v) is 5.94. The lowest BCUT2D eigenvalue weighted by molar-refractivity contribution is 1.22. The maximum atomic E-state index is 10.6. The fraction of sp³-hybridized carbons (Fsp3) is 0.0909. The first-order chi connectivity index (χ1) is 7.99. The minimum absolute atomic E-state index is 0. The van der Waals surface area contributed by atoms with E-state index in [1.54, 1.807) is 18.2 Å². The van der Waals surface area contributed by atoms with Gasteiger partial charge in [0.15, 0.2) is 0 Å². The lowest BCUT2D eigenvalue weighted by Gasteiger charge is -1.87. The van der Waals surface area contributed by atoms with Gasteiger partial charge in [0.25, 0.3) is 5.56 Å². The molecule has 0 saturated heterocycles. The second kappa shape index (κ2) is 8.13. The minimum atomic E-state index is -0.167. The van der Waals surface area contributed by atoms with Gasteiger partial charge in [0.1, 0.15) is 5.82 Å². The van der Waals surface area contributed by atoms with Crippen LogP contribution in [0.2, 0.25) is 10.0 Å². The summed E-state index contributed by atoms with van der Waals surface area (Å²) >= 11 is 14.0. The number of nitrogens with two attached hydrogens (primary N) is 1. The molecule has 0 atom stereocenters. The molecule has 0 aliphatic heterocycles. The van der Waals surface area contributed by atoms with E-state index in [1.807, 2.05) is 0 Å². The second-order valence-corrected chi connectivity index (χ2v) is 4.62.